The molecule has 1 fully saturated rings. The Hall–Kier alpha value is -2.97. The van der Waals surface area contributed by atoms with Gasteiger partial charge in [0.05, 0.1) is 6.20 Å². The number of aromatic nitrogens is 2. The van der Waals surface area contributed by atoms with E-state index in [2.05, 4.69) is 15.3 Å². The number of nitrogens with one attached hydrogen (secondary N) is 1. The SMILES string of the molecule is O=C(NCc1cnn(-c2ccc(F)cc2F)c1)N1CCCN(Cc2ccc(Cl)cc2)CC1. The molecule has 168 valence electrons. The van der Waals surface area contributed by atoms with Gasteiger partial charge in [0.25, 0.3) is 0 Å². The van der Waals surface area contributed by atoms with Crippen LogP contribution in [-0.4, -0.2) is 51.8 Å². The van der Waals surface area contributed by atoms with Crippen LogP contribution >= 0.6 is 11.6 Å². The Morgan fingerprint density at radius 3 is 2.62 bits per heavy atom. The molecule has 2 amide bonds. The summed E-state index contributed by atoms with van der Waals surface area (Å²) < 4.78 is 28.4. The van der Waals surface area contributed by atoms with Crippen LogP contribution in [0.4, 0.5) is 13.6 Å². The Balaban J connectivity index is 1.28. The van der Waals surface area contributed by atoms with Crippen LogP contribution in [0, 0.1) is 11.6 Å². The third-order valence-electron chi connectivity index (χ3n) is 5.43. The minimum Gasteiger partial charge on any atom is -0.334 e. The maximum absolute atomic E-state index is 13.9. The Bertz CT molecular complexity index is 1070. The standard InChI is InChI=1S/C23H24ClF2N5O/c24-19-4-2-17(3-5-19)15-29-8-1-9-30(11-10-29)23(32)27-13-18-14-28-31(16-18)22-7-6-20(25)12-21(22)26/h2-7,12,14,16H,1,8-11,13,15H2,(H,27,32). The highest BCUT2D eigenvalue weighted by Gasteiger charge is 2.19. The van der Waals surface area contributed by atoms with Crippen molar-refractivity contribution in [3.63, 3.8) is 0 Å². The number of amides is 2. The second-order valence-electron chi connectivity index (χ2n) is 7.79. The Labute approximate surface area is 190 Å². The van der Waals surface area contributed by atoms with Gasteiger partial charge in [0.15, 0.2) is 5.82 Å². The molecule has 1 aliphatic heterocycles. The number of hydrogen-bond donors (Lipinski definition) is 1. The summed E-state index contributed by atoms with van der Waals surface area (Å²) in [7, 11) is 0. The van der Waals surface area contributed by atoms with Gasteiger partial charge in [-0.25, -0.2) is 18.3 Å². The van der Waals surface area contributed by atoms with E-state index in [0.717, 1.165) is 42.7 Å². The molecule has 1 N–H and O–H groups in total. The average Bonchev–Trinajstić information content (AvgIpc) is 3.11. The highest BCUT2D eigenvalue weighted by Crippen LogP contribution is 2.15. The molecular weight excluding hydrogens is 436 g/mol. The van der Waals surface area contributed by atoms with E-state index in [-0.39, 0.29) is 18.3 Å². The van der Waals surface area contributed by atoms with E-state index in [9.17, 15) is 13.6 Å². The Morgan fingerprint density at radius 2 is 1.84 bits per heavy atom. The number of carbonyl (C=O) groups excluding carboxylic acids is 1. The number of rotatable bonds is 5. The number of benzene rings is 2. The van der Waals surface area contributed by atoms with Gasteiger partial charge in [-0.1, -0.05) is 23.7 Å². The van der Waals surface area contributed by atoms with E-state index in [1.54, 1.807) is 12.4 Å². The summed E-state index contributed by atoms with van der Waals surface area (Å²) in [5.74, 6) is -1.34. The van der Waals surface area contributed by atoms with Gasteiger partial charge < -0.3 is 10.2 Å². The smallest absolute Gasteiger partial charge is 0.317 e. The number of nitrogens with zero attached hydrogens (tertiary/aromatic N) is 4. The molecule has 0 radical (unpaired) electrons. The van der Waals surface area contributed by atoms with Crippen molar-refractivity contribution in [2.45, 2.75) is 19.5 Å². The molecule has 2 heterocycles. The molecule has 0 unspecified atom stereocenters. The summed E-state index contributed by atoms with van der Waals surface area (Å²) in [5.41, 5.74) is 2.07. The molecule has 1 saturated heterocycles. The second kappa shape index (κ2) is 10.1. The van der Waals surface area contributed by atoms with Crippen molar-refractivity contribution < 1.29 is 13.6 Å². The van der Waals surface area contributed by atoms with E-state index in [1.165, 1.54) is 22.4 Å². The van der Waals surface area contributed by atoms with Gasteiger partial charge in [-0.15, -0.1) is 0 Å². The van der Waals surface area contributed by atoms with Crippen molar-refractivity contribution in [1.82, 2.24) is 24.9 Å². The average molecular weight is 460 g/mol. The maximum atomic E-state index is 13.9. The van der Waals surface area contributed by atoms with Gasteiger partial charge >= 0.3 is 6.03 Å². The lowest BCUT2D eigenvalue weighted by Gasteiger charge is -2.22. The second-order valence-corrected chi connectivity index (χ2v) is 8.23. The molecule has 9 heteroatoms. The fourth-order valence-electron chi connectivity index (χ4n) is 3.72. The predicted octanol–water partition coefficient (Wildman–Crippen LogP) is 4.22. The molecule has 2 aromatic carbocycles. The van der Waals surface area contributed by atoms with Crippen LogP contribution in [-0.2, 0) is 13.1 Å². The lowest BCUT2D eigenvalue weighted by Crippen LogP contribution is -2.41. The number of carbonyl (C=O) groups is 1. The zero-order valence-electron chi connectivity index (χ0n) is 17.5. The lowest BCUT2D eigenvalue weighted by atomic mass is 10.2. The predicted molar refractivity (Wildman–Crippen MR) is 119 cm³/mol. The molecule has 1 aromatic heterocycles. The van der Waals surface area contributed by atoms with Crippen molar-refractivity contribution in [3.8, 4) is 5.69 Å². The molecule has 4 rings (SSSR count). The number of urea groups is 1. The molecule has 3 aromatic rings. The molecule has 0 aliphatic carbocycles. The van der Waals surface area contributed by atoms with Crippen molar-refractivity contribution in [1.29, 1.82) is 0 Å². The quantitative estimate of drug-likeness (QED) is 0.621. The first-order valence-electron chi connectivity index (χ1n) is 10.5. The van der Waals surface area contributed by atoms with Crippen molar-refractivity contribution >= 4 is 17.6 Å². The minimum absolute atomic E-state index is 0.140. The van der Waals surface area contributed by atoms with Crippen LogP contribution in [0.1, 0.15) is 17.5 Å². The van der Waals surface area contributed by atoms with Crippen molar-refractivity contribution in [2.75, 3.05) is 26.2 Å². The maximum Gasteiger partial charge on any atom is 0.317 e. The fourth-order valence-corrected chi connectivity index (χ4v) is 3.85. The van der Waals surface area contributed by atoms with E-state index >= 15 is 0 Å². The van der Waals surface area contributed by atoms with Crippen LogP contribution in [0.2, 0.25) is 5.02 Å². The number of halogens is 3. The molecule has 32 heavy (non-hydrogen) atoms. The van der Waals surface area contributed by atoms with Crippen molar-refractivity contribution in [3.05, 3.63) is 82.6 Å². The largest absolute Gasteiger partial charge is 0.334 e. The lowest BCUT2D eigenvalue weighted by molar-refractivity contribution is 0.197. The number of hydrogen-bond acceptors (Lipinski definition) is 3. The van der Waals surface area contributed by atoms with Crippen LogP contribution in [0.5, 0.6) is 0 Å². The zero-order valence-corrected chi connectivity index (χ0v) is 18.2. The monoisotopic (exact) mass is 459 g/mol. The summed E-state index contributed by atoms with van der Waals surface area (Å²) in [4.78, 5) is 16.8. The summed E-state index contributed by atoms with van der Waals surface area (Å²) in [6, 6.07) is 11.0. The first-order chi connectivity index (χ1) is 15.5. The van der Waals surface area contributed by atoms with Crippen molar-refractivity contribution in [2.24, 2.45) is 0 Å². The van der Waals surface area contributed by atoms with Gasteiger partial charge in [0.1, 0.15) is 11.5 Å². The highest BCUT2D eigenvalue weighted by molar-refractivity contribution is 6.30. The summed E-state index contributed by atoms with van der Waals surface area (Å²) in [6.45, 7) is 4.13. The molecule has 1 aliphatic rings. The summed E-state index contributed by atoms with van der Waals surface area (Å²) in [5, 5.41) is 7.74. The Kier molecular flexibility index (Phi) is 7.02. The van der Waals surface area contributed by atoms with Gasteiger partial charge in [-0.2, -0.15) is 5.10 Å². The minimum atomic E-state index is -0.698. The molecule has 0 spiro atoms. The topological polar surface area (TPSA) is 53.4 Å². The molecule has 6 nitrogen and oxygen atoms in total. The van der Waals surface area contributed by atoms with Crippen LogP contribution < -0.4 is 5.32 Å². The van der Waals surface area contributed by atoms with E-state index in [4.69, 9.17) is 11.6 Å². The van der Waals surface area contributed by atoms with Crippen LogP contribution in [0.25, 0.3) is 5.69 Å². The fraction of sp³-hybridized carbons (Fsp3) is 0.304. The van der Waals surface area contributed by atoms with E-state index in [0.29, 0.717) is 13.1 Å². The third kappa shape index (κ3) is 5.63. The third-order valence-corrected chi connectivity index (χ3v) is 5.68. The first-order valence-corrected chi connectivity index (χ1v) is 10.8. The molecular formula is C23H24ClF2N5O. The molecule has 0 atom stereocenters. The molecule has 0 saturated carbocycles. The summed E-state index contributed by atoms with van der Waals surface area (Å²) >= 11 is 5.95. The zero-order chi connectivity index (χ0) is 22.5. The first kappa shape index (κ1) is 22.2. The summed E-state index contributed by atoms with van der Waals surface area (Å²) in [6.07, 6.45) is 4.06. The van der Waals surface area contributed by atoms with Gasteiger partial charge in [-0.3, -0.25) is 4.90 Å². The molecule has 0 bridgehead atoms. The Morgan fingerprint density at radius 1 is 1.03 bits per heavy atom. The normalized spacial score (nSPS) is 14.9. The van der Waals surface area contributed by atoms with Crippen LogP contribution in [0.15, 0.2) is 54.9 Å². The van der Waals surface area contributed by atoms with Gasteiger partial charge in [0.2, 0.25) is 0 Å². The highest BCUT2D eigenvalue weighted by atomic mass is 35.5. The van der Waals surface area contributed by atoms with E-state index < -0.39 is 11.6 Å². The van der Waals surface area contributed by atoms with Crippen LogP contribution in [0.3, 0.4) is 0 Å². The van der Waals surface area contributed by atoms with Gasteiger partial charge in [0, 0.05) is 62.1 Å². The van der Waals surface area contributed by atoms with E-state index in [1.807, 2.05) is 29.2 Å². The van der Waals surface area contributed by atoms with Gasteiger partial charge in [-0.05, 0) is 36.2 Å².